The molecule has 0 spiro atoms. The molecule has 1 aromatic carbocycles. The molecule has 0 fully saturated rings. The number of ether oxygens (including phenoxy) is 1. The summed E-state index contributed by atoms with van der Waals surface area (Å²) in [5.74, 6) is 0.762. The second kappa shape index (κ2) is 5.63. The van der Waals surface area contributed by atoms with E-state index >= 15 is 0 Å². The van der Waals surface area contributed by atoms with Gasteiger partial charge in [-0.25, -0.2) is 0 Å². The number of nitrogens with zero attached hydrogens (tertiary/aromatic N) is 2. The van der Waals surface area contributed by atoms with E-state index in [4.69, 9.17) is 22.1 Å². The highest BCUT2D eigenvalue weighted by molar-refractivity contribution is 6.30. The average Bonchev–Trinajstić information content (AvgIpc) is 2.66. The van der Waals surface area contributed by atoms with E-state index in [0.29, 0.717) is 11.6 Å². The normalized spacial score (nSPS) is 12.5. The van der Waals surface area contributed by atoms with Gasteiger partial charge in [0.1, 0.15) is 12.4 Å². The Morgan fingerprint density at radius 1 is 1.42 bits per heavy atom. The number of halogens is 1. The van der Waals surface area contributed by atoms with Gasteiger partial charge in [0, 0.05) is 23.7 Å². The first-order valence-corrected chi connectivity index (χ1v) is 6.52. The molecule has 0 saturated heterocycles. The van der Waals surface area contributed by atoms with Crippen LogP contribution >= 0.6 is 11.6 Å². The highest BCUT2D eigenvalue weighted by atomic mass is 35.5. The van der Waals surface area contributed by atoms with Crippen molar-refractivity contribution in [3.63, 3.8) is 0 Å². The van der Waals surface area contributed by atoms with E-state index in [1.54, 1.807) is 6.07 Å². The third-order valence-corrected chi connectivity index (χ3v) is 3.17. The molecule has 0 bridgehead atoms. The van der Waals surface area contributed by atoms with Gasteiger partial charge in [0.2, 0.25) is 0 Å². The molecule has 1 aromatic heterocycles. The molecule has 4 nitrogen and oxygen atoms in total. The van der Waals surface area contributed by atoms with Crippen molar-refractivity contribution < 1.29 is 4.74 Å². The summed E-state index contributed by atoms with van der Waals surface area (Å²) in [6.07, 6.45) is 0. The molecule has 0 aliphatic rings. The molecule has 0 aliphatic carbocycles. The molecule has 1 atom stereocenters. The van der Waals surface area contributed by atoms with Crippen LogP contribution in [-0.4, -0.2) is 9.78 Å². The van der Waals surface area contributed by atoms with Gasteiger partial charge in [0.15, 0.2) is 0 Å². The summed E-state index contributed by atoms with van der Waals surface area (Å²) in [5, 5.41) is 4.95. The first kappa shape index (κ1) is 13.9. The number of aryl methyl sites for hydroxylation is 2. The van der Waals surface area contributed by atoms with Crippen LogP contribution in [0.4, 0.5) is 0 Å². The van der Waals surface area contributed by atoms with Gasteiger partial charge >= 0.3 is 0 Å². The van der Waals surface area contributed by atoms with Crippen LogP contribution in [0.5, 0.6) is 5.75 Å². The fourth-order valence-corrected chi connectivity index (χ4v) is 2.14. The lowest BCUT2D eigenvalue weighted by atomic mass is 10.1. The highest BCUT2D eigenvalue weighted by Crippen LogP contribution is 2.27. The molecule has 2 rings (SSSR count). The lowest BCUT2D eigenvalue weighted by Crippen LogP contribution is -2.09. The van der Waals surface area contributed by atoms with Crippen molar-refractivity contribution in [2.45, 2.75) is 26.5 Å². The van der Waals surface area contributed by atoms with Crippen molar-refractivity contribution in [2.24, 2.45) is 12.8 Å². The maximum Gasteiger partial charge on any atom is 0.130 e. The molecule has 1 heterocycles. The van der Waals surface area contributed by atoms with Crippen LogP contribution in [0.15, 0.2) is 24.3 Å². The summed E-state index contributed by atoms with van der Waals surface area (Å²) in [5.41, 5.74) is 8.83. The van der Waals surface area contributed by atoms with Crippen LogP contribution < -0.4 is 10.5 Å². The van der Waals surface area contributed by atoms with E-state index in [1.807, 2.05) is 43.8 Å². The zero-order valence-corrected chi connectivity index (χ0v) is 12.1. The molecule has 0 saturated carbocycles. The summed E-state index contributed by atoms with van der Waals surface area (Å²) in [4.78, 5) is 0. The van der Waals surface area contributed by atoms with Crippen molar-refractivity contribution in [3.8, 4) is 5.75 Å². The molecule has 2 aromatic rings. The lowest BCUT2D eigenvalue weighted by molar-refractivity contribution is 0.290. The maximum atomic E-state index is 5.98. The average molecular weight is 280 g/mol. The minimum Gasteiger partial charge on any atom is -0.487 e. The van der Waals surface area contributed by atoms with Gasteiger partial charge in [-0.2, -0.15) is 5.10 Å². The summed E-state index contributed by atoms with van der Waals surface area (Å²) < 4.78 is 7.65. The minimum atomic E-state index is -0.123. The van der Waals surface area contributed by atoms with Crippen LogP contribution in [0.25, 0.3) is 0 Å². The Balaban J connectivity index is 2.17. The predicted molar refractivity (Wildman–Crippen MR) is 76.3 cm³/mol. The van der Waals surface area contributed by atoms with Gasteiger partial charge in [-0.1, -0.05) is 11.6 Å². The number of aromatic nitrogens is 2. The Kier molecular flexibility index (Phi) is 4.12. The van der Waals surface area contributed by atoms with E-state index < -0.39 is 0 Å². The van der Waals surface area contributed by atoms with Gasteiger partial charge in [-0.15, -0.1) is 0 Å². The van der Waals surface area contributed by atoms with Crippen molar-refractivity contribution in [1.82, 2.24) is 9.78 Å². The number of nitrogens with two attached hydrogens (primary N) is 1. The molecule has 102 valence electrons. The van der Waals surface area contributed by atoms with Crippen LogP contribution in [0, 0.1) is 6.92 Å². The first-order valence-electron chi connectivity index (χ1n) is 6.14. The molecular weight excluding hydrogens is 262 g/mol. The lowest BCUT2D eigenvalue weighted by Gasteiger charge is -2.14. The molecule has 19 heavy (non-hydrogen) atoms. The number of hydrogen-bond acceptors (Lipinski definition) is 3. The van der Waals surface area contributed by atoms with E-state index in [0.717, 1.165) is 22.7 Å². The zero-order chi connectivity index (χ0) is 14.0. The Bertz CT molecular complexity index is 578. The quantitative estimate of drug-likeness (QED) is 0.936. The maximum absolute atomic E-state index is 5.98. The van der Waals surface area contributed by atoms with Crippen molar-refractivity contribution in [1.29, 1.82) is 0 Å². The van der Waals surface area contributed by atoms with Crippen molar-refractivity contribution in [2.75, 3.05) is 0 Å². The van der Waals surface area contributed by atoms with E-state index in [1.165, 1.54) is 0 Å². The van der Waals surface area contributed by atoms with Crippen molar-refractivity contribution >= 4 is 11.6 Å². The third kappa shape index (κ3) is 3.28. The van der Waals surface area contributed by atoms with Crippen LogP contribution in [0.2, 0.25) is 5.02 Å². The Labute approximate surface area is 118 Å². The monoisotopic (exact) mass is 279 g/mol. The van der Waals surface area contributed by atoms with Gasteiger partial charge in [0.05, 0.1) is 11.4 Å². The first-order chi connectivity index (χ1) is 8.97. The zero-order valence-electron chi connectivity index (χ0n) is 11.4. The highest BCUT2D eigenvalue weighted by Gasteiger charge is 2.10. The van der Waals surface area contributed by atoms with Crippen LogP contribution in [-0.2, 0) is 13.7 Å². The van der Waals surface area contributed by atoms with Crippen LogP contribution in [0.3, 0.4) is 0 Å². The molecule has 0 radical (unpaired) electrons. The van der Waals surface area contributed by atoms with Gasteiger partial charge < -0.3 is 10.5 Å². The van der Waals surface area contributed by atoms with Crippen molar-refractivity contribution in [3.05, 3.63) is 46.2 Å². The molecule has 0 aliphatic heterocycles. The summed E-state index contributed by atoms with van der Waals surface area (Å²) >= 11 is 5.98. The number of hydrogen-bond donors (Lipinski definition) is 1. The molecular formula is C14H18ClN3O. The second-order valence-electron chi connectivity index (χ2n) is 4.66. The largest absolute Gasteiger partial charge is 0.487 e. The van der Waals surface area contributed by atoms with Crippen LogP contribution in [0.1, 0.15) is 29.9 Å². The summed E-state index contributed by atoms with van der Waals surface area (Å²) in [6.45, 7) is 4.32. The summed E-state index contributed by atoms with van der Waals surface area (Å²) in [7, 11) is 1.90. The predicted octanol–water partition coefficient (Wildman–Crippen LogP) is 2.98. The Hall–Kier alpha value is -1.52. The second-order valence-corrected chi connectivity index (χ2v) is 5.10. The summed E-state index contributed by atoms with van der Waals surface area (Å²) in [6, 6.07) is 7.38. The Morgan fingerprint density at radius 3 is 2.74 bits per heavy atom. The molecule has 5 heteroatoms. The van der Waals surface area contributed by atoms with Gasteiger partial charge in [0.25, 0.3) is 0 Å². The molecule has 0 unspecified atom stereocenters. The smallest absolute Gasteiger partial charge is 0.130 e. The molecule has 0 amide bonds. The third-order valence-electron chi connectivity index (χ3n) is 2.94. The van der Waals surface area contributed by atoms with Gasteiger partial charge in [-0.3, -0.25) is 4.68 Å². The van der Waals surface area contributed by atoms with E-state index in [9.17, 15) is 0 Å². The standard InChI is InChI=1S/C14H18ClN3O/c1-9-6-12(18(3)17-9)8-19-14-5-4-11(15)7-13(14)10(2)16/h4-7,10H,8,16H2,1-3H3/t10-/m0/s1. The van der Waals surface area contributed by atoms with E-state index in [-0.39, 0.29) is 6.04 Å². The number of rotatable bonds is 4. The number of benzene rings is 1. The fraction of sp³-hybridized carbons (Fsp3) is 0.357. The van der Waals surface area contributed by atoms with Gasteiger partial charge in [-0.05, 0) is 38.1 Å². The fourth-order valence-electron chi connectivity index (χ4n) is 1.96. The Morgan fingerprint density at radius 2 is 2.16 bits per heavy atom. The SMILES string of the molecule is Cc1cc(COc2ccc(Cl)cc2[C@H](C)N)n(C)n1. The molecule has 2 N–H and O–H groups in total. The topological polar surface area (TPSA) is 53.1 Å². The minimum absolute atomic E-state index is 0.123. The van der Waals surface area contributed by atoms with E-state index in [2.05, 4.69) is 5.10 Å².